The predicted octanol–water partition coefficient (Wildman–Crippen LogP) is 0.853. The highest BCUT2D eigenvalue weighted by molar-refractivity contribution is 6.36. The fraction of sp³-hybridized carbons (Fsp3) is 0.429. The molecule has 0 bridgehead atoms. The van der Waals surface area contributed by atoms with Gasteiger partial charge < -0.3 is 15.4 Å². The van der Waals surface area contributed by atoms with Gasteiger partial charge in [0.2, 0.25) is 0 Å². The molecule has 6 nitrogen and oxygen atoms in total. The number of piperazine rings is 1. The van der Waals surface area contributed by atoms with E-state index < -0.39 is 0 Å². The Kier molecular flexibility index (Phi) is 5.03. The molecule has 7 heteroatoms. The smallest absolute Gasteiger partial charge is 0.319 e. The molecule has 2 rings (SSSR count). The number of anilines is 1. The van der Waals surface area contributed by atoms with Crippen LogP contribution in [0.5, 0.6) is 0 Å². The summed E-state index contributed by atoms with van der Waals surface area (Å²) in [6, 6.07) is 5.04. The van der Waals surface area contributed by atoms with Crippen molar-refractivity contribution in [2.24, 2.45) is 0 Å². The summed E-state index contributed by atoms with van der Waals surface area (Å²) in [6.07, 6.45) is 0. The number of nitrogen functional groups attached to an aromatic ring is 1. The number of hydrogen-bond donors (Lipinski definition) is 1. The van der Waals surface area contributed by atoms with E-state index in [0.717, 1.165) is 0 Å². The first kappa shape index (κ1) is 15.6. The molecule has 1 aliphatic heterocycles. The summed E-state index contributed by atoms with van der Waals surface area (Å²) in [6.45, 7) is 2.58. The summed E-state index contributed by atoms with van der Waals surface area (Å²) in [5.41, 5.74) is 6.53. The van der Waals surface area contributed by atoms with Crippen LogP contribution in [0.3, 0.4) is 0 Å². The molecule has 114 valence electrons. The molecule has 1 aromatic carbocycles. The highest BCUT2D eigenvalue weighted by Gasteiger charge is 2.25. The summed E-state index contributed by atoms with van der Waals surface area (Å²) in [5, 5.41) is 0.291. The maximum absolute atomic E-state index is 12.4. The molecule has 0 saturated carbocycles. The Morgan fingerprint density at radius 2 is 1.95 bits per heavy atom. The Hall–Kier alpha value is -1.79. The van der Waals surface area contributed by atoms with E-state index in [4.69, 9.17) is 17.3 Å². The van der Waals surface area contributed by atoms with E-state index in [0.29, 0.717) is 42.5 Å². The minimum atomic E-state index is -0.270. The van der Waals surface area contributed by atoms with Crippen molar-refractivity contribution in [2.75, 3.05) is 45.6 Å². The van der Waals surface area contributed by atoms with Crippen LogP contribution in [0.25, 0.3) is 0 Å². The fourth-order valence-electron chi connectivity index (χ4n) is 2.24. The highest BCUT2D eigenvalue weighted by Crippen LogP contribution is 2.24. The number of methoxy groups -OCH3 is 1. The maximum Gasteiger partial charge on any atom is 0.319 e. The molecular formula is C14H18ClN3O3. The number of nitrogens with two attached hydrogens (primary N) is 1. The van der Waals surface area contributed by atoms with Crippen LogP contribution in [0.2, 0.25) is 5.02 Å². The third-order valence-electron chi connectivity index (χ3n) is 3.50. The molecule has 1 aliphatic rings. The number of esters is 1. The van der Waals surface area contributed by atoms with Crippen molar-refractivity contribution in [1.82, 2.24) is 9.80 Å². The van der Waals surface area contributed by atoms with Crippen LogP contribution in [0.15, 0.2) is 18.2 Å². The van der Waals surface area contributed by atoms with Crippen LogP contribution in [0.4, 0.5) is 5.69 Å². The second kappa shape index (κ2) is 6.78. The van der Waals surface area contributed by atoms with Gasteiger partial charge in [-0.25, -0.2) is 0 Å². The summed E-state index contributed by atoms with van der Waals surface area (Å²) >= 11 is 6.08. The second-order valence-corrected chi connectivity index (χ2v) is 5.23. The summed E-state index contributed by atoms with van der Waals surface area (Å²) < 4.78 is 4.63. The van der Waals surface area contributed by atoms with Gasteiger partial charge in [-0.05, 0) is 12.1 Å². The zero-order valence-electron chi connectivity index (χ0n) is 11.8. The largest absolute Gasteiger partial charge is 0.468 e. The summed E-state index contributed by atoms with van der Waals surface area (Å²) in [5.74, 6) is -0.404. The maximum atomic E-state index is 12.4. The number of benzene rings is 1. The Morgan fingerprint density at radius 1 is 1.29 bits per heavy atom. The number of rotatable bonds is 3. The number of amides is 1. The Labute approximate surface area is 128 Å². The summed E-state index contributed by atoms with van der Waals surface area (Å²) in [7, 11) is 1.36. The molecule has 0 aliphatic carbocycles. The lowest BCUT2D eigenvalue weighted by Gasteiger charge is -2.34. The number of halogens is 1. The molecular weight excluding hydrogens is 294 g/mol. The normalized spacial score (nSPS) is 15.8. The fourth-order valence-corrected chi connectivity index (χ4v) is 2.45. The number of carbonyl (C=O) groups is 2. The van der Waals surface area contributed by atoms with E-state index in [1.54, 1.807) is 23.1 Å². The first-order valence-corrected chi connectivity index (χ1v) is 7.03. The van der Waals surface area contributed by atoms with Crippen LogP contribution in [-0.2, 0) is 9.53 Å². The SMILES string of the molecule is COC(=O)CN1CCN(C(=O)c2cccc(N)c2Cl)CC1. The lowest BCUT2D eigenvalue weighted by Crippen LogP contribution is -2.50. The molecule has 0 spiro atoms. The van der Waals surface area contributed by atoms with Gasteiger partial charge >= 0.3 is 5.97 Å². The van der Waals surface area contributed by atoms with E-state index >= 15 is 0 Å². The van der Waals surface area contributed by atoms with Crippen molar-refractivity contribution in [1.29, 1.82) is 0 Å². The van der Waals surface area contributed by atoms with E-state index in [-0.39, 0.29) is 18.4 Å². The van der Waals surface area contributed by atoms with Gasteiger partial charge in [-0.3, -0.25) is 14.5 Å². The third kappa shape index (κ3) is 3.65. The molecule has 0 aromatic heterocycles. The quantitative estimate of drug-likeness (QED) is 0.661. The molecule has 21 heavy (non-hydrogen) atoms. The predicted molar refractivity (Wildman–Crippen MR) is 80.2 cm³/mol. The minimum Gasteiger partial charge on any atom is -0.468 e. The Balaban J connectivity index is 1.97. The molecule has 2 N–H and O–H groups in total. The van der Waals surface area contributed by atoms with Crippen molar-refractivity contribution in [3.63, 3.8) is 0 Å². The minimum absolute atomic E-state index is 0.134. The topological polar surface area (TPSA) is 75.9 Å². The highest BCUT2D eigenvalue weighted by atomic mass is 35.5. The monoisotopic (exact) mass is 311 g/mol. The molecule has 1 heterocycles. The zero-order chi connectivity index (χ0) is 15.4. The van der Waals surface area contributed by atoms with Crippen molar-refractivity contribution in [3.8, 4) is 0 Å². The van der Waals surface area contributed by atoms with Gasteiger partial charge in [-0.15, -0.1) is 0 Å². The second-order valence-electron chi connectivity index (χ2n) is 4.85. The molecule has 1 aromatic rings. The number of nitrogens with zero attached hydrogens (tertiary/aromatic N) is 2. The molecule has 0 atom stereocenters. The number of ether oxygens (including phenoxy) is 1. The van der Waals surface area contributed by atoms with Crippen molar-refractivity contribution >= 4 is 29.2 Å². The van der Waals surface area contributed by atoms with Gasteiger partial charge in [0.15, 0.2) is 0 Å². The van der Waals surface area contributed by atoms with Gasteiger partial charge in [0.05, 0.1) is 29.9 Å². The molecule has 1 saturated heterocycles. The number of carbonyl (C=O) groups excluding carboxylic acids is 2. The van der Waals surface area contributed by atoms with Crippen molar-refractivity contribution in [3.05, 3.63) is 28.8 Å². The third-order valence-corrected chi connectivity index (χ3v) is 3.92. The van der Waals surface area contributed by atoms with Gasteiger partial charge in [-0.1, -0.05) is 17.7 Å². The van der Waals surface area contributed by atoms with Crippen molar-refractivity contribution in [2.45, 2.75) is 0 Å². The first-order valence-electron chi connectivity index (χ1n) is 6.65. The molecule has 1 fully saturated rings. The van der Waals surface area contributed by atoms with Crippen molar-refractivity contribution < 1.29 is 14.3 Å². The van der Waals surface area contributed by atoms with E-state index in [1.165, 1.54) is 7.11 Å². The van der Waals surface area contributed by atoms with E-state index in [1.807, 2.05) is 4.90 Å². The number of hydrogen-bond acceptors (Lipinski definition) is 5. The van der Waals surface area contributed by atoms with Crippen LogP contribution < -0.4 is 5.73 Å². The van der Waals surface area contributed by atoms with Crippen LogP contribution >= 0.6 is 11.6 Å². The van der Waals surface area contributed by atoms with Crippen LogP contribution in [0.1, 0.15) is 10.4 Å². The zero-order valence-corrected chi connectivity index (χ0v) is 12.6. The van der Waals surface area contributed by atoms with Crippen LogP contribution in [0, 0.1) is 0 Å². The lowest BCUT2D eigenvalue weighted by molar-refractivity contribution is -0.142. The molecule has 0 radical (unpaired) electrons. The average Bonchev–Trinajstić information content (AvgIpc) is 2.50. The standard InChI is InChI=1S/C14H18ClN3O3/c1-21-12(19)9-17-5-7-18(8-6-17)14(20)10-3-2-4-11(16)13(10)15/h2-4H,5-9,16H2,1H3. The average molecular weight is 312 g/mol. The van der Waals surface area contributed by atoms with Gasteiger partial charge in [0, 0.05) is 26.2 Å². The van der Waals surface area contributed by atoms with Gasteiger partial charge in [0.25, 0.3) is 5.91 Å². The molecule has 1 amide bonds. The van der Waals surface area contributed by atoms with Gasteiger partial charge in [0.1, 0.15) is 0 Å². The first-order chi connectivity index (χ1) is 10.0. The Bertz CT molecular complexity index is 542. The Morgan fingerprint density at radius 3 is 2.57 bits per heavy atom. The summed E-state index contributed by atoms with van der Waals surface area (Å²) in [4.78, 5) is 27.3. The lowest BCUT2D eigenvalue weighted by atomic mass is 10.1. The van der Waals surface area contributed by atoms with Gasteiger partial charge in [-0.2, -0.15) is 0 Å². The molecule has 0 unspecified atom stereocenters. The van der Waals surface area contributed by atoms with E-state index in [2.05, 4.69) is 4.74 Å². The van der Waals surface area contributed by atoms with Crippen LogP contribution in [-0.4, -0.2) is 61.5 Å². The van der Waals surface area contributed by atoms with E-state index in [9.17, 15) is 9.59 Å².